The second-order valence-corrected chi connectivity index (χ2v) is 6.51. The molecule has 0 radical (unpaired) electrons. The lowest BCUT2D eigenvalue weighted by Gasteiger charge is -2.23. The SMILES string of the molecule is Cc1ccccc1CC(C)NC(=O)CC(C)(C)CC(=O)O. The number of carboxylic acid groups (broad SMARTS) is 1. The molecule has 4 heteroatoms. The molecule has 1 aromatic carbocycles. The van der Waals surface area contributed by atoms with Gasteiger partial charge in [0.1, 0.15) is 0 Å². The van der Waals surface area contributed by atoms with Crippen LogP contribution in [0.2, 0.25) is 0 Å². The highest BCUT2D eigenvalue weighted by Gasteiger charge is 2.25. The van der Waals surface area contributed by atoms with Gasteiger partial charge in [-0.05, 0) is 36.8 Å². The Morgan fingerprint density at radius 1 is 1.24 bits per heavy atom. The van der Waals surface area contributed by atoms with Crippen molar-refractivity contribution in [3.63, 3.8) is 0 Å². The highest BCUT2D eigenvalue weighted by molar-refractivity contribution is 5.78. The fourth-order valence-corrected chi connectivity index (χ4v) is 2.45. The number of aryl methyl sites for hydroxylation is 1. The van der Waals surface area contributed by atoms with Crippen LogP contribution in [0.15, 0.2) is 24.3 Å². The number of amides is 1. The van der Waals surface area contributed by atoms with E-state index in [9.17, 15) is 9.59 Å². The van der Waals surface area contributed by atoms with E-state index in [-0.39, 0.29) is 24.8 Å². The van der Waals surface area contributed by atoms with Crippen LogP contribution in [-0.4, -0.2) is 23.0 Å². The van der Waals surface area contributed by atoms with Gasteiger partial charge in [0.2, 0.25) is 5.91 Å². The molecule has 0 bridgehead atoms. The van der Waals surface area contributed by atoms with E-state index in [1.54, 1.807) is 13.8 Å². The zero-order valence-electron chi connectivity index (χ0n) is 13.3. The Morgan fingerprint density at radius 2 is 1.86 bits per heavy atom. The molecular weight excluding hydrogens is 266 g/mol. The van der Waals surface area contributed by atoms with Crippen molar-refractivity contribution < 1.29 is 14.7 Å². The van der Waals surface area contributed by atoms with E-state index in [4.69, 9.17) is 5.11 Å². The van der Waals surface area contributed by atoms with Gasteiger partial charge in [-0.1, -0.05) is 38.1 Å². The summed E-state index contributed by atoms with van der Waals surface area (Å²) in [5.74, 6) is -0.969. The smallest absolute Gasteiger partial charge is 0.303 e. The van der Waals surface area contributed by atoms with E-state index in [1.165, 1.54) is 11.1 Å². The lowest BCUT2D eigenvalue weighted by Crippen LogP contribution is -2.37. The normalized spacial score (nSPS) is 12.8. The standard InChI is InChI=1S/C17H25NO3/c1-12-7-5-6-8-14(12)9-13(2)18-15(19)10-17(3,4)11-16(20)21/h5-8,13H,9-11H2,1-4H3,(H,18,19)(H,20,21). The summed E-state index contributed by atoms with van der Waals surface area (Å²) in [7, 11) is 0. The molecule has 1 amide bonds. The molecule has 21 heavy (non-hydrogen) atoms. The van der Waals surface area contributed by atoms with Crippen molar-refractivity contribution in [3.8, 4) is 0 Å². The maximum atomic E-state index is 12.0. The number of rotatable bonds is 7. The average molecular weight is 291 g/mol. The molecule has 0 aliphatic carbocycles. The molecule has 1 aromatic rings. The summed E-state index contributed by atoms with van der Waals surface area (Å²) in [4.78, 5) is 22.8. The first kappa shape index (κ1) is 17.2. The number of hydrogen-bond donors (Lipinski definition) is 2. The van der Waals surface area contributed by atoms with Crippen LogP contribution in [0.1, 0.15) is 44.7 Å². The molecule has 0 aliphatic rings. The second kappa shape index (κ2) is 7.25. The van der Waals surface area contributed by atoms with Gasteiger partial charge in [0.15, 0.2) is 0 Å². The van der Waals surface area contributed by atoms with Gasteiger partial charge in [-0.15, -0.1) is 0 Å². The van der Waals surface area contributed by atoms with Gasteiger partial charge in [-0.2, -0.15) is 0 Å². The van der Waals surface area contributed by atoms with Crippen LogP contribution in [0.5, 0.6) is 0 Å². The third-order valence-corrected chi connectivity index (χ3v) is 3.46. The van der Waals surface area contributed by atoms with Crippen molar-refractivity contribution in [3.05, 3.63) is 35.4 Å². The van der Waals surface area contributed by atoms with E-state index in [0.29, 0.717) is 0 Å². The van der Waals surface area contributed by atoms with Crippen LogP contribution in [-0.2, 0) is 16.0 Å². The first-order valence-electron chi connectivity index (χ1n) is 7.25. The van der Waals surface area contributed by atoms with Crippen molar-refractivity contribution >= 4 is 11.9 Å². The summed E-state index contributed by atoms with van der Waals surface area (Å²) in [6.45, 7) is 7.62. The zero-order chi connectivity index (χ0) is 16.0. The molecule has 1 rings (SSSR count). The monoisotopic (exact) mass is 291 g/mol. The number of benzene rings is 1. The maximum absolute atomic E-state index is 12.0. The Labute approximate surface area is 126 Å². The molecule has 2 N–H and O–H groups in total. The number of carbonyl (C=O) groups excluding carboxylic acids is 1. The number of aliphatic carboxylic acids is 1. The Balaban J connectivity index is 2.51. The first-order chi connectivity index (χ1) is 9.69. The van der Waals surface area contributed by atoms with Crippen molar-refractivity contribution in [2.45, 2.75) is 53.0 Å². The number of carboxylic acids is 1. The van der Waals surface area contributed by atoms with Gasteiger partial charge in [0.25, 0.3) is 0 Å². The van der Waals surface area contributed by atoms with Crippen LogP contribution in [0.25, 0.3) is 0 Å². The quantitative estimate of drug-likeness (QED) is 0.811. The van der Waals surface area contributed by atoms with Crippen LogP contribution in [0, 0.1) is 12.3 Å². The van der Waals surface area contributed by atoms with Gasteiger partial charge < -0.3 is 10.4 Å². The third-order valence-electron chi connectivity index (χ3n) is 3.46. The Hall–Kier alpha value is -1.84. The minimum absolute atomic E-state index is 0.00735. The van der Waals surface area contributed by atoms with E-state index >= 15 is 0 Å². The highest BCUT2D eigenvalue weighted by atomic mass is 16.4. The Morgan fingerprint density at radius 3 is 2.43 bits per heavy atom. The maximum Gasteiger partial charge on any atom is 0.303 e. The Bertz CT molecular complexity index is 509. The average Bonchev–Trinajstić information content (AvgIpc) is 2.28. The predicted octanol–water partition coefficient (Wildman–Crippen LogP) is 2.93. The van der Waals surface area contributed by atoms with Crippen LogP contribution in [0.3, 0.4) is 0 Å². The number of hydrogen-bond acceptors (Lipinski definition) is 2. The molecular formula is C17H25NO3. The summed E-state index contributed by atoms with van der Waals surface area (Å²) in [6, 6.07) is 8.13. The second-order valence-electron chi connectivity index (χ2n) is 6.51. The van der Waals surface area contributed by atoms with Gasteiger partial charge in [-0.3, -0.25) is 9.59 Å². The lowest BCUT2D eigenvalue weighted by molar-refractivity contribution is -0.139. The minimum Gasteiger partial charge on any atom is -0.481 e. The topological polar surface area (TPSA) is 66.4 Å². The summed E-state index contributed by atoms with van der Waals surface area (Å²) in [5, 5.41) is 11.8. The predicted molar refractivity (Wildman–Crippen MR) is 83.1 cm³/mol. The fraction of sp³-hybridized carbons (Fsp3) is 0.529. The van der Waals surface area contributed by atoms with Crippen LogP contribution in [0.4, 0.5) is 0 Å². The largest absolute Gasteiger partial charge is 0.481 e. The molecule has 0 spiro atoms. The molecule has 0 heterocycles. The first-order valence-corrected chi connectivity index (χ1v) is 7.25. The summed E-state index contributed by atoms with van der Waals surface area (Å²) in [5.41, 5.74) is 1.90. The van der Waals surface area contributed by atoms with E-state index < -0.39 is 11.4 Å². The number of nitrogens with one attached hydrogen (secondary N) is 1. The molecule has 1 atom stereocenters. The Kier molecular flexibility index (Phi) is 5.94. The van der Waals surface area contributed by atoms with Crippen molar-refractivity contribution in [1.82, 2.24) is 5.32 Å². The fourth-order valence-electron chi connectivity index (χ4n) is 2.45. The van der Waals surface area contributed by atoms with Gasteiger partial charge in [0.05, 0.1) is 6.42 Å². The third kappa shape index (κ3) is 6.43. The molecule has 116 valence electrons. The van der Waals surface area contributed by atoms with E-state index in [1.807, 2.05) is 19.1 Å². The molecule has 0 saturated heterocycles. The summed E-state index contributed by atoms with van der Waals surface area (Å²) in [6.07, 6.45) is 0.988. The van der Waals surface area contributed by atoms with E-state index in [2.05, 4.69) is 24.4 Å². The molecule has 0 aromatic heterocycles. The van der Waals surface area contributed by atoms with Gasteiger partial charge in [-0.25, -0.2) is 0 Å². The van der Waals surface area contributed by atoms with Crippen LogP contribution >= 0.6 is 0 Å². The molecule has 0 fully saturated rings. The molecule has 0 aliphatic heterocycles. The highest BCUT2D eigenvalue weighted by Crippen LogP contribution is 2.24. The molecule has 0 saturated carbocycles. The van der Waals surface area contributed by atoms with Crippen LogP contribution < -0.4 is 5.32 Å². The van der Waals surface area contributed by atoms with Crippen molar-refractivity contribution in [2.75, 3.05) is 0 Å². The van der Waals surface area contributed by atoms with Gasteiger partial charge >= 0.3 is 5.97 Å². The van der Waals surface area contributed by atoms with E-state index in [0.717, 1.165) is 6.42 Å². The molecule has 4 nitrogen and oxygen atoms in total. The molecule has 1 unspecified atom stereocenters. The van der Waals surface area contributed by atoms with Crippen molar-refractivity contribution in [2.24, 2.45) is 5.41 Å². The van der Waals surface area contributed by atoms with Crippen molar-refractivity contribution in [1.29, 1.82) is 0 Å². The lowest BCUT2D eigenvalue weighted by atomic mass is 9.85. The minimum atomic E-state index is -0.874. The van der Waals surface area contributed by atoms with Gasteiger partial charge in [0, 0.05) is 12.5 Å². The zero-order valence-corrected chi connectivity index (χ0v) is 13.3. The number of carbonyl (C=O) groups is 2. The summed E-state index contributed by atoms with van der Waals surface area (Å²) < 4.78 is 0. The summed E-state index contributed by atoms with van der Waals surface area (Å²) >= 11 is 0.